The molecule has 0 aromatic heterocycles. The molecule has 0 radical (unpaired) electrons. The molecule has 0 heterocycles. The van der Waals surface area contributed by atoms with Crippen LogP contribution in [0.3, 0.4) is 0 Å². The van der Waals surface area contributed by atoms with Gasteiger partial charge in [-0.15, -0.1) is 0 Å². The quantitative estimate of drug-likeness (QED) is 0.377. The summed E-state index contributed by atoms with van der Waals surface area (Å²) < 4.78 is 33.8. The molecule has 0 amide bonds. The van der Waals surface area contributed by atoms with E-state index in [1.54, 1.807) is 26.8 Å². The summed E-state index contributed by atoms with van der Waals surface area (Å²) in [6.45, 7) is 7.16. The molecule has 1 fully saturated rings. The summed E-state index contributed by atoms with van der Waals surface area (Å²) in [6, 6.07) is 9.38. The molecule has 7 nitrogen and oxygen atoms in total. The Kier molecular flexibility index (Phi) is 8.20. The highest BCUT2D eigenvalue weighted by Crippen LogP contribution is 2.52. The van der Waals surface area contributed by atoms with Crippen LogP contribution in [0.5, 0.6) is 0 Å². The highest BCUT2D eigenvalue weighted by atomic mass is 31.2. The van der Waals surface area contributed by atoms with Gasteiger partial charge in [-0.25, -0.2) is 9.36 Å². The van der Waals surface area contributed by atoms with Crippen molar-refractivity contribution in [1.29, 1.82) is 0 Å². The minimum atomic E-state index is -4.31. The van der Waals surface area contributed by atoms with Gasteiger partial charge in [0.05, 0.1) is 11.7 Å². The SMILES string of the molecule is CO[C@H]1C(OP(=O)(O)OC(C)(C)C)[C@@H](/C=C/C(=O)OCc2ccccc2)C[C@@H]1C. The first-order valence-corrected chi connectivity index (χ1v) is 11.1. The fraction of sp³-hybridized carbons (Fsp3) is 0.571. The highest BCUT2D eigenvalue weighted by Gasteiger charge is 2.46. The third kappa shape index (κ3) is 7.68. The molecule has 0 saturated heterocycles. The molecule has 2 unspecified atom stereocenters. The molecular weight excluding hydrogens is 395 g/mol. The normalized spacial score (nSPS) is 27.1. The molecule has 162 valence electrons. The second kappa shape index (κ2) is 10.0. The predicted octanol–water partition coefficient (Wildman–Crippen LogP) is 4.26. The van der Waals surface area contributed by atoms with Crippen molar-refractivity contribution in [1.82, 2.24) is 0 Å². The third-order valence-electron chi connectivity index (χ3n) is 4.57. The Morgan fingerprint density at radius 2 is 1.90 bits per heavy atom. The molecule has 8 heteroatoms. The van der Waals surface area contributed by atoms with Gasteiger partial charge >= 0.3 is 13.8 Å². The van der Waals surface area contributed by atoms with Gasteiger partial charge < -0.3 is 14.4 Å². The maximum atomic E-state index is 12.4. The summed E-state index contributed by atoms with van der Waals surface area (Å²) in [6.07, 6.45) is 2.52. The van der Waals surface area contributed by atoms with E-state index in [0.717, 1.165) is 5.56 Å². The van der Waals surface area contributed by atoms with Crippen LogP contribution in [0.25, 0.3) is 0 Å². The van der Waals surface area contributed by atoms with Crippen LogP contribution in [-0.2, 0) is 34.5 Å². The van der Waals surface area contributed by atoms with E-state index in [4.69, 9.17) is 18.5 Å². The van der Waals surface area contributed by atoms with Gasteiger partial charge in [0, 0.05) is 19.1 Å². The maximum Gasteiger partial charge on any atom is 0.473 e. The number of esters is 1. The number of phosphoric ester groups is 1. The van der Waals surface area contributed by atoms with Crippen molar-refractivity contribution in [2.24, 2.45) is 11.8 Å². The van der Waals surface area contributed by atoms with Crippen LogP contribution in [-0.4, -0.2) is 35.8 Å². The Labute approximate surface area is 172 Å². The second-order valence-electron chi connectivity index (χ2n) is 8.27. The first-order chi connectivity index (χ1) is 13.5. The summed E-state index contributed by atoms with van der Waals surface area (Å²) >= 11 is 0. The molecule has 1 aliphatic carbocycles. The average Bonchev–Trinajstić information content (AvgIpc) is 2.90. The lowest BCUT2D eigenvalue weighted by Crippen LogP contribution is -2.32. The molecule has 5 atom stereocenters. The topological polar surface area (TPSA) is 91.3 Å². The zero-order valence-electron chi connectivity index (χ0n) is 17.6. The van der Waals surface area contributed by atoms with Crippen molar-refractivity contribution in [3.8, 4) is 0 Å². The van der Waals surface area contributed by atoms with Crippen molar-refractivity contribution < 1.29 is 32.8 Å². The lowest BCUT2D eigenvalue weighted by Gasteiger charge is -2.29. The van der Waals surface area contributed by atoms with Crippen molar-refractivity contribution >= 4 is 13.8 Å². The van der Waals surface area contributed by atoms with Crippen molar-refractivity contribution in [3.05, 3.63) is 48.0 Å². The number of carbonyl (C=O) groups is 1. The summed E-state index contributed by atoms with van der Waals surface area (Å²) in [4.78, 5) is 22.2. The van der Waals surface area contributed by atoms with Crippen molar-refractivity contribution in [2.45, 2.75) is 58.5 Å². The standard InChI is InChI=1S/C21H31O7P/c1-15-13-17(11-12-18(22)26-14-16-9-7-6-8-10-16)20(19(15)25-5)27-29(23,24)28-21(2,3)4/h6-12,15,17,19-20H,13-14H2,1-5H3,(H,23,24)/b12-11+/t15-,17-,19+,20?/m0/s1. The van der Waals surface area contributed by atoms with Crippen LogP contribution in [0.15, 0.2) is 42.5 Å². The van der Waals surface area contributed by atoms with Crippen LogP contribution in [0.1, 0.15) is 39.7 Å². The Bertz CT molecular complexity index is 741. The molecule has 1 N–H and O–H groups in total. The van der Waals surface area contributed by atoms with Gasteiger partial charge in [0.2, 0.25) is 0 Å². The van der Waals surface area contributed by atoms with Crippen molar-refractivity contribution in [2.75, 3.05) is 7.11 Å². The van der Waals surface area contributed by atoms with E-state index in [0.29, 0.717) is 6.42 Å². The van der Waals surface area contributed by atoms with E-state index in [1.807, 2.05) is 37.3 Å². The third-order valence-corrected chi connectivity index (χ3v) is 5.86. The summed E-state index contributed by atoms with van der Waals surface area (Å²) in [5, 5.41) is 0. The van der Waals surface area contributed by atoms with E-state index >= 15 is 0 Å². The molecule has 0 aliphatic heterocycles. The lowest BCUT2D eigenvalue weighted by molar-refractivity contribution is -0.139. The Morgan fingerprint density at radius 1 is 1.24 bits per heavy atom. The first-order valence-electron chi connectivity index (χ1n) is 9.64. The number of benzene rings is 1. The van der Waals surface area contributed by atoms with Gasteiger partial charge in [0.25, 0.3) is 0 Å². The van der Waals surface area contributed by atoms with Gasteiger partial charge in [-0.1, -0.05) is 43.3 Å². The smallest absolute Gasteiger partial charge is 0.458 e. The molecule has 1 aliphatic rings. The van der Waals surface area contributed by atoms with E-state index in [-0.39, 0.29) is 18.4 Å². The Morgan fingerprint density at radius 3 is 2.48 bits per heavy atom. The van der Waals surface area contributed by atoms with Crippen molar-refractivity contribution in [3.63, 3.8) is 0 Å². The van der Waals surface area contributed by atoms with Crippen LogP contribution < -0.4 is 0 Å². The number of methoxy groups -OCH3 is 1. The Hall–Kier alpha value is -1.50. The second-order valence-corrected chi connectivity index (χ2v) is 9.60. The van der Waals surface area contributed by atoms with Crippen LogP contribution in [0.4, 0.5) is 0 Å². The number of carbonyl (C=O) groups excluding carboxylic acids is 1. The minimum absolute atomic E-state index is 0.0784. The summed E-state index contributed by atoms with van der Waals surface area (Å²) in [7, 11) is -2.78. The van der Waals surface area contributed by atoms with Crippen LogP contribution in [0.2, 0.25) is 0 Å². The number of rotatable bonds is 8. The molecule has 1 saturated carbocycles. The van der Waals surface area contributed by atoms with Gasteiger partial charge in [0.15, 0.2) is 0 Å². The van der Waals surface area contributed by atoms with E-state index in [9.17, 15) is 14.3 Å². The number of hydrogen-bond acceptors (Lipinski definition) is 6. The molecule has 0 spiro atoms. The van der Waals surface area contributed by atoms with E-state index in [2.05, 4.69) is 0 Å². The van der Waals surface area contributed by atoms with Crippen LogP contribution >= 0.6 is 7.82 Å². The molecule has 1 aromatic carbocycles. The van der Waals surface area contributed by atoms with Gasteiger partial charge in [-0.2, -0.15) is 0 Å². The number of hydrogen-bond donors (Lipinski definition) is 1. The molecule has 0 bridgehead atoms. The molecule has 1 aromatic rings. The average molecular weight is 426 g/mol. The molecule has 29 heavy (non-hydrogen) atoms. The summed E-state index contributed by atoms with van der Waals surface area (Å²) in [5.41, 5.74) is 0.0499. The predicted molar refractivity (Wildman–Crippen MR) is 109 cm³/mol. The van der Waals surface area contributed by atoms with Gasteiger partial charge in [0.1, 0.15) is 12.7 Å². The monoisotopic (exact) mass is 426 g/mol. The largest absolute Gasteiger partial charge is 0.473 e. The minimum Gasteiger partial charge on any atom is -0.458 e. The number of ether oxygens (including phenoxy) is 2. The number of phosphoric acid groups is 1. The van der Waals surface area contributed by atoms with Gasteiger partial charge in [-0.3, -0.25) is 9.05 Å². The fourth-order valence-corrected chi connectivity index (χ4v) is 4.78. The molecular formula is C21H31O7P. The van der Waals surface area contributed by atoms with Crippen LogP contribution in [0, 0.1) is 11.8 Å². The fourth-order valence-electron chi connectivity index (χ4n) is 3.46. The molecule has 2 rings (SSSR count). The zero-order valence-corrected chi connectivity index (χ0v) is 18.5. The summed E-state index contributed by atoms with van der Waals surface area (Å²) in [5.74, 6) is -0.697. The van der Waals surface area contributed by atoms with E-state index < -0.39 is 31.6 Å². The first kappa shape index (κ1) is 23.8. The van der Waals surface area contributed by atoms with Gasteiger partial charge in [-0.05, 0) is 38.7 Å². The maximum absolute atomic E-state index is 12.4. The lowest BCUT2D eigenvalue weighted by atomic mass is 10.0. The zero-order chi connectivity index (χ0) is 21.7. The van der Waals surface area contributed by atoms with E-state index in [1.165, 1.54) is 13.2 Å². The Balaban J connectivity index is 2.03. The highest BCUT2D eigenvalue weighted by molar-refractivity contribution is 7.47.